The molecule has 2 N–H and O–H groups in total. The Morgan fingerprint density at radius 2 is 1.69 bits per heavy atom. The molecule has 2 bridgehead atoms. The molecule has 0 saturated heterocycles. The van der Waals surface area contributed by atoms with Crippen LogP contribution in [0.15, 0.2) is 24.3 Å². The number of nitrogens with one attached hydrogen (secondary N) is 1. The first-order valence-electron chi connectivity index (χ1n) is 11.5. The topological polar surface area (TPSA) is 52.6 Å². The summed E-state index contributed by atoms with van der Waals surface area (Å²) >= 11 is 0. The highest BCUT2D eigenvalue weighted by atomic mass is 16.3. The number of nitrogens with zero attached hydrogens (tertiary/aromatic N) is 1. The van der Waals surface area contributed by atoms with Crippen molar-refractivity contribution in [1.29, 1.82) is 0 Å². The fraction of sp³-hybridized carbons (Fsp3) is 0.720. The van der Waals surface area contributed by atoms with E-state index in [4.69, 9.17) is 0 Å². The van der Waals surface area contributed by atoms with Gasteiger partial charge in [-0.15, -0.1) is 0 Å². The maximum absolute atomic E-state index is 13.4. The highest BCUT2D eigenvalue weighted by Gasteiger charge is 2.47. The maximum atomic E-state index is 13.4. The van der Waals surface area contributed by atoms with E-state index in [-0.39, 0.29) is 17.5 Å². The minimum Gasteiger partial charge on any atom is -0.390 e. The van der Waals surface area contributed by atoms with Crippen LogP contribution in [0.25, 0.3) is 0 Å². The summed E-state index contributed by atoms with van der Waals surface area (Å²) in [6.07, 6.45) is 10.8. The summed E-state index contributed by atoms with van der Waals surface area (Å²) in [6.45, 7) is 7.26. The van der Waals surface area contributed by atoms with Crippen LogP contribution in [0.2, 0.25) is 0 Å². The molecule has 1 aromatic carbocycles. The van der Waals surface area contributed by atoms with E-state index in [0.29, 0.717) is 5.41 Å². The van der Waals surface area contributed by atoms with E-state index < -0.39 is 5.60 Å². The Kier molecular flexibility index (Phi) is 5.43. The van der Waals surface area contributed by atoms with Gasteiger partial charge in [-0.2, -0.15) is 0 Å². The van der Waals surface area contributed by atoms with Crippen molar-refractivity contribution in [3.8, 4) is 0 Å². The predicted molar refractivity (Wildman–Crippen MR) is 118 cm³/mol. The fourth-order valence-corrected chi connectivity index (χ4v) is 5.74. The van der Waals surface area contributed by atoms with Crippen LogP contribution in [0.1, 0.15) is 83.6 Å². The number of urea groups is 1. The second kappa shape index (κ2) is 7.61. The lowest BCUT2D eigenvalue weighted by Crippen LogP contribution is -2.53. The number of fused-ring (bicyclic) bond motifs is 3. The number of hydrogen-bond acceptors (Lipinski definition) is 2. The predicted octanol–water partition coefficient (Wildman–Crippen LogP) is 5.57. The molecular formula is C25H38N2O2. The number of carbonyl (C=O) groups is 1. The lowest BCUT2D eigenvalue weighted by molar-refractivity contribution is 0.00863. The zero-order valence-corrected chi connectivity index (χ0v) is 18.5. The van der Waals surface area contributed by atoms with Gasteiger partial charge in [-0.05, 0) is 107 Å². The first-order valence-corrected chi connectivity index (χ1v) is 11.5. The van der Waals surface area contributed by atoms with E-state index in [2.05, 4.69) is 43.4 Å². The highest BCUT2D eigenvalue weighted by Crippen LogP contribution is 2.57. The molecule has 1 aromatic rings. The quantitative estimate of drug-likeness (QED) is 0.697. The molecule has 4 aliphatic carbocycles. The summed E-state index contributed by atoms with van der Waals surface area (Å²) < 4.78 is 0. The molecular weight excluding hydrogens is 360 g/mol. The van der Waals surface area contributed by atoms with Crippen molar-refractivity contribution in [2.45, 2.75) is 96.6 Å². The van der Waals surface area contributed by atoms with Gasteiger partial charge in [-0.25, -0.2) is 4.79 Å². The molecule has 160 valence electrons. The van der Waals surface area contributed by atoms with Crippen LogP contribution in [0.3, 0.4) is 0 Å². The monoisotopic (exact) mass is 398 g/mol. The molecule has 0 aliphatic heterocycles. The SMILES string of the molecule is Cc1cccc(N(CC23CCC(C)(CC2)CC3)C(=O)NC2CCC(C)(O)CC2)c1. The van der Waals surface area contributed by atoms with E-state index in [9.17, 15) is 9.90 Å². The highest BCUT2D eigenvalue weighted by molar-refractivity contribution is 5.92. The van der Waals surface area contributed by atoms with Crippen LogP contribution in [0.4, 0.5) is 10.5 Å². The Hall–Kier alpha value is -1.55. The first-order chi connectivity index (χ1) is 13.7. The average molecular weight is 399 g/mol. The second-order valence-corrected chi connectivity index (χ2v) is 11.0. The van der Waals surface area contributed by atoms with Crippen molar-refractivity contribution in [3.63, 3.8) is 0 Å². The van der Waals surface area contributed by atoms with E-state index >= 15 is 0 Å². The molecule has 4 nitrogen and oxygen atoms in total. The van der Waals surface area contributed by atoms with Crippen LogP contribution in [-0.4, -0.2) is 29.3 Å². The minimum atomic E-state index is -0.576. The van der Waals surface area contributed by atoms with Crippen LogP contribution in [0, 0.1) is 17.8 Å². The summed E-state index contributed by atoms with van der Waals surface area (Å²) in [4.78, 5) is 15.5. The number of anilines is 1. The Morgan fingerprint density at radius 1 is 1.07 bits per heavy atom. The molecule has 4 aliphatic rings. The largest absolute Gasteiger partial charge is 0.390 e. The van der Waals surface area contributed by atoms with Gasteiger partial charge >= 0.3 is 6.03 Å². The molecule has 0 spiro atoms. The normalized spacial score (nSPS) is 36.6. The van der Waals surface area contributed by atoms with Crippen LogP contribution in [0.5, 0.6) is 0 Å². The number of aryl methyl sites for hydroxylation is 1. The molecule has 2 amide bonds. The van der Waals surface area contributed by atoms with Crippen molar-refractivity contribution in [2.24, 2.45) is 10.8 Å². The fourth-order valence-electron chi connectivity index (χ4n) is 5.74. The van der Waals surface area contributed by atoms with Crippen molar-refractivity contribution in [3.05, 3.63) is 29.8 Å². The second-order valence-electron chi connectivity index (χ2n) is 11.0. The van der Waals surface area contributed by atoms with Gasteiger partial charge in [-0.1, -0.05) is 19.1 Å². The molecule has 0 unspecified atom stereocenters. The summed E-state index contributed by atoms with van der Waals surface area (Å²) in [5.41, 5.74) is 2.43. The molecule has 4 saturated carbocycles. The molecule has 29 heavy (non-hydrogen) atoms. The van der Waals surface area contributed by atoms with Gasteiger partial charge in [0.15, 0.2) is 0 Å². The number of carbonyl (C=O) groups excluding carboxylic acids is 1. The maximum Gasteiger partial charge on any atom is 0.322 e. The Balaban J connectivity index is 1.50. The molecule has 0 aromatic heterocycles. The van der Waals surface area contributed by atoms with Gasteiger partial charge in [0.2, 0.25) is 0 Å². The number of amides is 2. The van der Waals surface area contributed by atoms with Gasteiger partial charge in [0.05, 0.1) is 5.60 Å². The molecule has 5 rings (SSSR count). The zero-order valence-electron chi connectivity index (χ0n) is 18.5. The van der Waals surface area contributed by atoms with Crippen LogP contribution in [-0.2, 0) is 0 Å². The van der Waals surface area contributed by atoms with Crippen molar-refractivity contribution in [1.82, 2.24) is 5.32 Å². The zero-order chi connectivity index (χ0) is 20.7. The van der Waals surface area contributed by atoms with E-state index in [1.807, 2.05) is 11.8 Å². The molecule has 4 fully saturated rings. The standard InChI is InChI=1S/C25H38N2O2/c1-19-5-4-6-21(17-19)27(18-25-14-11-23(2,12-15-25)13-16-25)22(28)26-20-7-9-24(3,29)10-8-20/h4-6,17,20,29H,7-16,18H2,1-3H3,(H,26,28). The molecule has 0 heterocycles. The summed E-state index contributed by atoms with van der Waals surface area (Å²) in [5, 5.41) is 13.5. The van der Waals surface area contributed by atoms with E-state index in [0.717, 1.165) is 37.9 Å². The summed E-state index contributed by atoms with van der Waals surface area (Å²) in [6, 6.07) is 8.55. The molecule has 4 heteroatoms. The third-order valence-electron chi connectivity index (χ3n) is 8.22. The third-order valence-corrected chi connectivity index (χ3v) is 8.22. The number of benzene rings is 1. The number of hydrogen-bond donors (Lipinski definition) is 2. The van der Waals surface area contributed by atoms with E-state index in [1.165, 1.54) is 44.1 Å². The Labute approximate surface area is 176 Å². The summed E-state index contributed by atoms with van der Waals surface area (Å²) in [5.74, 6) is 0. The van der Waals surface area contributed by atoms with Crippen molar-refractivity contribution >= 4 is 11.7 Å². The summed E-state index contributed by atoms with van der Waals surface area (Å²) in [7, 11) is 0. The number of rotatable bonds is 4. The van der Waals surface area contributed by atoms with Gasteiger partial charge in [0.25, 0.3) is 0 Å². The van der Waals surface area contributed by atoms with Gasteiger partial charge < -0.3 is 10.4 Å². The smallest absolute Gasteiger partial charge is 0.322 e. The van der Waals surface area contributed by atoms with Crippen molar-refractivity contribution < 1.29 is 9.90 Å². The number of aliphatic hydroxyl groups is 1. The molecule has 0 atom stereocenters. The van der Waals surface area contributed by atoms with Crippen molar-refractivity contribution in [2.75, 3.05) is 11.4 Å². The Bertz CT molecular complexity index is 722. The van der Waals surface area contributed by atoms with E-state index in [1.54, 1.807) is 0 Å². The van der Waals surface area contributed by atoms with Crippen LogP contribution >= 0.6 is 0 Å². The van der Waals surface area contributed by atoms with Gasteiger partial charge in [-0.3, -0.25) is 4.90 Å². The minimum absolute atomic E-state index is 0.0374. The van der Waals surface area contributed by atoms with Gasteiger partial charge in [0, 0.05) is 18.3 Å². The Morgan fingerprint density at radius 3 is 2.28 bits per heavy atom. The van der Waals surface area contributed by atoms with Gasteiger partial charge in [0.1, 0.15) is 0 Å². The molecule has 0 radical (unpaired) electrons. The third kappa shape index (κ3) is 4.63. The van der Waals surface area contributed by atoms with Crippen LogP contribution < -0.4 is 10.2 Å². The lowest BCUT2D eigenvalue weighted by Gasteiger charge is -2.53. The lowest BCUT2D eigenvalue weighted by atomic mass is 9.54. The average Bonchev–Trinajstić information content (AvgIpc) is 2.69. The first kappa shape index (κ1) is 20.7.